The summed E-state index contributed by atoms with van der Waals surface area (Å²) in [5, 5.41) is 0. The Balaban J connectivity index is 1.93. The smallest absolute Gasteiger partial charge is 0.246 e. The summed E-state index contributed by atoms with van der Waals surface area (Å²) >= 11 is 0. The molecule has 0 radical (unpaired) electrons. The normalized spacial score (nSPS) is 18.6. The number of halogens is 1. The Morgan fingerprint density at radius 2 is 1.60 bits per heavy atom. The van der Waals surface area contributed by atoms with Crippen molar-refractivity contribution in [2.75, 3.05) is 4.90 Å². The number of amides is 1. The molecule has 1 atom stereocenters. The van der Waals surface area contributed by atoms with Crippen LogP contribution in [0.1, 0.15) is 55.5 Å². The van der Waals surface area contributed by atoms with Crippen molar-refractivity contribution in [2.24, 2.45) is 0 Å². The number of rotatable bonds is 2. The third-order valence-corrected chi connectivity index (χ3v) is 6.18. The van der Waals surface area contributed by atoms with Crippen molar-refractivity contribution in [3.63, 3.8) is 0 Å². The second-order valence-electron chi connectivity index (χ2n) is 9.57. The van der Waals surface area contributed by atoms with Gasteiger partial charge in [-0.05, 0) is 78.3 Å². The van der Waals surface area contributed by atoms with Gasteiger partial charge in [-0.15, -0.1) is 0 Å². The van der Waals surface area contributed by atoms with E-state index in [1.165, 1.54) is 0 Å². The molecule has 1 aliphatic heterocycles. The van der Waals surface area contributed by atoms with E-state index in [4.69, 9.17) is 0 Å². The van der Waals surface area contributed by atoms with Gasteiger partial charge in [0.15, 0.2) is 0 Å². The average molecular weight is 402 g/mol. The lowest BCUT2D eigenvalue weighted by Crippen LogP contribution is -2.37. The lowest BCUT2D eigenvalue weighted by Gasteiger charge is -2.27. The largest absolute Gasteiger partial charge is 0.280 e. The molecule has 3 aromatic rings. The number of fused-ring (bicyclic) bond motifs is 1. The standard InChI is InChI=1S/C27H28FNO/c1-17-8-7-9-20(14-17)29-24-15-18(2)10-12-22(24)27(6,25(29)30)19-11-13-21(23(28)16-19)26(3,4)5/h7-16H,1-6H3. The molecule has 0 saturated carbocycles. The summed E-state index contributed by atoms with van der Waals surface area (Å²) in [5.41, 5.74) is 4.86. The Morgan fingerprint density at radius 1 is 0.900 bits per heavy atom. The Morgan fingerprint density at radius 3 is 2.23 bits per heavy atom. The van der Waals surface area contributed by atoms with Crippen LogP contribution in [-0.4, -0.2) is 5.91 Å². The predicted molar refractivity (Wildman–Crippen MR) is 121 cm³/mol. The van der Waals surface area contributed by atoms with Gasteiger partial charge >= 0.3 is 0 Å². The zero-order chi connectivity index (χ0) is 21.8. The summed E-state index contributed by atoms with van der Waals surface area (Å²) in [7, 11) is 0. The molecule has 154 valence electrons. The minimum atomic E-state index is -0.954. The maximum atomic E-state index is 15.1. The van der Waals surface area contributed by atoms with Gasteiger partial charge in [0.05, 0.1) is 11.1 Å². The average Bonchev–Trinajstić information content (AvgIpc) is 2.88. The van der Waals surface area contributed by atoms with Crippen LogP contribution >= 0.6 is 0 Å². The fourth-order valence-corrected chi connectivity index (χ4v) is 4.43. The fraction of sp³-hybridized carbons (Fsp3) is 0.296. The number of benzene rings is 3. The number of aryl methyl sites for hydroxylation is 2. The van der Waals surface area contributed by atoms with E-state index in [0.717, 1.165) is 28.1 Å². The molecule has 0 spiro atoms. The molecule has 4 rings (SSSR count). The first kappa shape index (κ1) is 20.3. The predicted octanol–water partition coefficient (Wildman–Crippen LogP) is 6.72. The molecular formula is C27H28FNO. The van der Waals surface area contributed by atoms with Crippen LogP contribution in [0.15, 0.2) is 60.7 Å². The number of hydrogen-bond acceptors (Lipinski definition) is 1. The Bertz CT molecular complexity index is 1160. The highest BCUT2D eigenvalue weighted by Crippen LogP contribution is 2.49. The SMILES string of the molecule is Cc1cccc(N2C(=O)C(C)(c3ccc(C(C)(C)C)c(F)c3)c3ccc(C)cc32)c1. The van der Waals surface area contributed by atoms with Crippen molar-refractivity contribution in [3.05, 3.63) is 94.3 Å². The van der Waals surface area contributed by atoms with Crippen LogP contribution in [0.2, 0.25) is 0 Å². The van der Waals surface area contributed by atoms with E-state index >= 15 is 4.39 Å². The van der Waals surface area contributed by atoms with E-state index in [9.17, 15) is 4.79 Å². The first-order chi connectivity index (χ1) is 14.0. The highest BCUT2D eigenvalue weighted by Gasteiger charge is 2.49. The number of carbonyl (C=O) groups is 1. The summed E-state index contributed by atoms with van der Waals surface area (Å²) in [6.45, 7) is 11.9. The van der Waals surface area contributed by atoms with Gasteiger partial charge in [-0.1, -0.05) is 57.2 Å². The van der Waals surface area contributed by atoms with Crippen LogP contribution in [0.3, 0.4) is 0 Å². The third kappa shape index (κ3) is 3.04. The molecule has 1 heterocycles. The monoisotopic (exact) mass is 401 g/mol. The van der Waals surface area contributed by atoms with E-state index in [1.807, 2.05) is 96.1 Å². The molecule has 30 heavy (non-hydrogen) atoms. The maximum absolute atomic E-state index is 15.1. The number of nitrogens with zero attached hydrogens (tertiary/aromatic N) is 1. The van der Waals surface area contributed by atoms with Crippen molar-refractivity contribution in [1.82, 2.24) is 0 Å². The summed E-state index contributed by atoms with van der Waals surface area (Å²) in [6, 6.07) is 19.3. The van der Waals surface area contributed by atoms with Gasteiger partial charge in [0.2, 0.25) is 5.91 Å². The van der Waals surface area contributed by atoms with E-state index in [-0.39, 0.29) is 17.1 Å². The molecular weight excluding hydrogens is 373 g/mol. The molecule has 0 saturated heterocycles. The van der Waals surface area contributed by atoms with Crippen molar-refractivity contribution in [1.29, 1.82) is 0 Å². The van der Waals surface area contributed by atoms with Crippen LogP contribution in [0.4, 0.5) is 15.8 Å². The highest BCUT2D eigenvalue weighted by atomic mass is 19.1. The van der Waals surface area contributed by atoms with Gasteiger partial charge in [0.25, 0.3) is 0 Å². The molecule has 1 amide bonds. The second kappa shape index (κ2) is 6.80. The molecule has 0 bridgehead atoms. The highest BCUT2D eigenvalue weighted by molar-refractivity contribution is 6.14. The van der Waals surface area contributed by atoms with Crippen LogP contribution in [0.5, 0.6) is 0 Å². The van der Waals surface area contributed by atoms with Gasteiger partial charge in [-0.3, -0.25) is 9.69 Å². The van der Waals surface area contributed by atoms with E-state index in [2.05, 4.69) is 0 Å². The van der Waals surface area contributed by atoms with Crippen molar-refractivity contribution >= 4 is 17.3 Å². The quantitative estimate of drug-likeness (QED) is 0.466. The minimum Gasteiger partial charge on any atom is -0.280 e. The molecule has 3 heteroatoms. The number of anilines is 2. The summed E-state index contributed by atoms with van der Waals surface area (Å²) in [5.74, 6) is -0.326. The van der Waals surface area contributed by atoms with E-state index < -0.39 is 5.41 Å². The Labute approximate surface area is 178 Å². The van der Waals surface area contributed by atoms with Crippen LogP contribution in [-0.2, 0) is 15.6 Å². The zero-order valence-electron chi connectivity index (χ0n) is 18.5. The van der Waals surface area contributed by atoms with Crippen molar-refractivity contribution in [3.8, 4) is 0 Å². The molecule has 0 fully saturated rings. The maximum Gasteiger partial charge on any atom is 0.246 e. The Hall–Kier alpha value is -2.94. The van der Waals surface area contributed by atoms with Gasteiger partial charge in [0, 0.05) is 5.69 Å². The molecule has 0 aromatic heterocycles. The molecule has 0 aliphatic carbocycles. The lowest BCUT2D eigenvalue weighted by atomic mass is 9.75. The number of carbonyl (C=O) groups excluding carboxylic acids is 1. The Kier molecular flexibility index (Phi) is 4.61. The summed E-state index contributed by atoms with van der Waals surface area (Å²) in [4.78, 5) is 15.7. The molecule has 1 aliphatic rings. The summed E-state index contributed by atoms with van der Waals surface area (Å²) in [6.07, 6.45) is 0. The lowest BCUT2D eigenvalue weighted by molar-refractivity contribution is -0.120. The third-order valence-electron chi connectivity index (χ3n) is 6.18. The van der Waals surface area contributed by atoms with Gasteiger partial charge < -0.3 is 0 Å². The van der Waals surface area contributed by atoms with Crippen LogP contribution in [0.25, 0.3) is 0 Å². The molecule has 1 unspecified atom stereocenters. The van der Waals surface area contributed by atoms with Gasteiger partial charge in [-0.25, -0.2) is 4.39 Å². The summed E-state index contributed by atoms with van der Waals surface area (Å²) < 4.78 is 15.1. The molecule has 0 N–H and O–H groups in total. The fourth-order valence-electron chi connectivity index (χ4n) is 4.43. The van der Waals surface area contributed by atoms with Gasteiger partial charge in [-0.2, -0.15) is 0 Å². The minimum absolute atomic E-state index is 0.0587. The van der Waals surface area contributed by atoms with Crippen molar-refractivity contribution in [2.45, 2.75) is 52.4 Å². The second-order valence-corrected chi connectivity index (χ2v) is 9.57. The topological polar surface area (TPSA) is 20.3 Å². The van der Waals surface area contributed by atoms with Crippen LogP contribution in [0, 0.1) is 19.7 Å². The first-order valence-electron chi connectivity index (χ1n) is 10.4. The number of hydrogen-bond donors (Lipinski definition) is 0. The van der Waals surface area contributed by atoms with Crippen molar-refractivity contribution < 1.29 is 9.18 Å². The molecule has 3 aromatic carbocycles. The first-order valence-corrected chi connectivity index (χ1v) is 10.4. The van der Waals surface area contributed by atoms with Gasteiger partial charge in [0.1, 0.15) is 5.82 Å². The van der Waals surface area contributed by atoms with E-state index in [0.29, 0.717) is 11.1 Å². The zero-order valence-corrected chi connectivity index (χ0v) is 18.5. The van der Waals surface area contributed by atoms with E-state index in [1.54, 1.807) is 11.0 Å². The molecule has 2 nitrogen and oxygen atoms in total. The van der Waals surface area contributed by atoms with Crippen LogP contribution < -0.4 is 4.90 Å².